The lowest BCUT2D eigenvalue weighted by atomic mass is 10.1. The summed E-state index contributed by atoms with van der Waals surface area (Å²) < 4.78 is 0. The van der Waals surface area contributed by atoms with E-state index in [2.05, 4.69) is 4.99 Å². The molecule has 0 radical (unpaired) electrons. The van der Waals surface area contributed by atoms with Crippen molar-refractivity contribution in [2.75, 3.05) is 6.26 Å². The van der Waals surface area contributed by atoms with Gasteiger partial charge in [-0.15, -0.1) is 11.8 Å². The van der Waals surface area contributed by atoms with Gasteiger partial charge in [0.2, 0.25) is 0 Å². The van der Waals surface area contributed by atoms with Crippen molar-refractivity contribution in [3.8, 4) is 0 Å². The Morgan fingerprint density at radius 2 is 2.40 bits per heavy atom. The van der Waals surface area contributed by atoms with Crippen molar-refractivity contribution >= 4 is 22.6 Å². The molecule has 0 spiro atoms. The maximum absolute atomic E-state index is 11.0. The van der Waals surface area contributed by atoms with Crippen LogP contribution in [0, 0.1) is 0 Å². The molecule has 1 aliphatic rings. The van der Waals surface area contributed by atoms with Gasteiger partial charge in [-0.1, -0.05) is 0 Å². The van der Waals surface area contributed by atoms with Crippen LogP contribution >= 0.6 is 11.8 Å². The van der Waals surface area contributed by atoms with E-state index in [0.29, 0.717) is 17.5 Å². The molecular weight excluding hydrogens is 146 g/mol. The fourth-order valence-corrected chi connectivity index (χ4v) is 1.57. The second-order valence-electron chi connectivity index (χ2n) is 2.45. The second kappa shape index (κ2) is 3.19. The third-order valence-corrected chi connectivity index (χ3v) is 2.28. The minimum absolute atomic E-state index is 0.214. The first-order chi connectivity index (χ1) is 4.74. The van der Waals surface area contributed by atoms with Crippen molar-refractivity contribution in [2.24, 2.45) is 4.99 Å². The number of Topliss-reactive ketones (excluding diaryl/α,β-unsaturated/α-hetero) is 1. The minimum Gasteiger partial charge on any atom is -0.292 e. The quantitative estimate of drug-likeness (QED) is 0.533. The molecule has 0 saturated heterocycles. The van der Waals surface area contributed by atoms with Crippen molar-refractivity contribution in [1.29, 1.82) is 0 Å². The zero-order valence-corrected chi connectivity index (χ0v) is 7.07. The van der Waals surface area contributed by atoms with E-state index in [1.54, 1.807) is 0 Å². The molecule has 0 aromatic heterocycles. The summed E-state index contributed by atoms with van der Waals surface area (Å²) in [6.45, 7) is 2.04. The number of hydrogen-bond acceptors (Lipinski definition) is 3. The van der Waals surface area contributed by atoms with Gasteiger partial charge in [0.1, 0.15) is 5.04 Å². The molecule has 0 saturated carbocycles. The zero-order chi connectivity index (χ0) is 7.56. The topological polar surface area (TPSA) is 29.4 Å². The highest BCUT2D eigenvalue weighted by Gasteiger charge is 2.17. The van der Waals surface area contributed by atoms with Gasteiger partial charge in [-0.3, -0.25) is 9.79 Å². The first-order valence-corrected chi connectivity index (χ1v) is 4.61. The first-order valence-electron chi connectivity index (χ1n) is 3.39. The van der Waals surface area contributed by atoms with Crippen LogP contribution in [0.4, 0.5) is 0 Å². The van der Waals surface area contributed by atoms with E-state index in [9.17, 15) is 4.79 Å². The lowest BCUT2D eigenvalue weighted by molar-refractivity contribution is -0.113. The number of carbonyl (C=O) groups excluding carboxylic acids is 1. The average molecular weight is 157 g/mol. The fourth-order valence-electron chi connectivity index (χ4n) is 0.950. The summed E-state index contributed by atoms with van der Waals surface area (Å²) in [4.78, 5) is 15.2. The highest BCUT2D eigenvalue weighted by Crippen LogP contribution is 2.15. The number of carbonyl (C=O) groups is 1. The molecule has 2 nitrogen and oxygen atoms in total. The van der Waals surface area contributed by atoms with Gasteiger partial charge in [-0.05, 0) is 19.6 Å². The van der Waals surface area contributed by atoms with Crippen LogP contribution in [-0.2, 0) is 4.79 Å². The fraction of sp³-hybridized carbons (Fsp3) is 0.714. The maximum Gasteiger partial charge on any atom is 0.187 e. The molecule has 0 bridgehead atoms. The maximum atomic E-state index is 11.0. The molecule has 1 aliphatic heterocycles. The summed E-state index contributed by atoms with van der Waals surface area (Å²) in [5.41, 5.74) is 0. The molecule has 0 aromatic rings. The van der Waals surface area contributed by atoms with E-state index in [4.69, 9.17) is 0 Å². The predicted octanol–water partition coefficient (Wildman–Crippen LogP) is 1.50. The number of thioether (sulfide) groups is 1. The molecule has 3 heteroatoms. The third-order valence-electron chi connectivity index (χ3n) is 1.56. The number of ketones is 1. The third kappa shape index (κ3) is 1.59. The summed E-state index contributed by atoms with van der Waals surface area (Å²) >= 11 is 1.46. The van der Waals surface area contributed by atoms with Crippen molar-refractivity contribution in [3.63, 3.8) is 0 Å². The van der Waals surface area contributed by atoms with Gasteiger partial charge in [0.25, 0.3) is 0 Å². The molecule has 10 heavy (non-hydrogen) atoms. The van der Waals surface area contributed by atoms with Crippen LogP contribution in [0.15, 0.2) is 4.99 Å². The van der Waals surface area contributed by atoms with Gasteiger partial charge in [-0.25, -0.2) is 0 Å². The number of hydrogen-bond donors (Lipinski definition) is 0. The smallest absolute Gasteiger partial charge is 0.187 e. The molecule has 0 N–H and O–H groups in total. The van der Waals surface area contributed by atoms with Gasteiger partial charge in [0.15, 0.2) is 5.78 Å². The Bertz CT molecular complexity index is 176. The number of aliphatic imine (C=N–C) groups is 1. The van der Waals surface area contributed by atoms with Crippen LogP contribution in [0.5, 0.6) is 0 Å². The normalized spacial score (nSPS) is 26.4. The molecule has 1 unspecified atom stereocenters. The Morgan fingerprint density at radius 3 is 2.90 bits per heavy atom. The average Bonchev–Trinajstić information content (AvgIpc) is 1.94. The lowest BCUT2D eigenvalue weighted by Gasteiger charge is -2.13. The Morgan fingerprint density at radius 1 is 1.70 bits per heavy atom. The molecule has 0 fully saturated rings. The summed E-state index contributed by atoms with van der Waals surface area (Å²) in [7, 11) is 0. The summed E-state index contributed by atoms with van der Waals surface area (Å²) in [5.74, 6) is 0.214. The largest absolute Gasteiger partial charge is 0.292 e. The van der Waals surface area contributed by atoms with Crippen LogP contribution in [-0.4, -0.2) is 23.1 Å². The lowest BCUT2D eigenvalue weighted by Crippen LogP contribution is -2.20. The van der Waals surface area contributed by atoms with Crippen LogP contribution in [0.2, 0.25) is 0 Å². The van der Waals surface area contributed by atoms with E-state index < -0.39 is 0 Å². The summed E-state index contributed by atoms with van der Waals surface area (Å²) in [5, 5.41) is 0.707. The number of rotatable bonds is 0. The summed E-state index contributed by atoms with van der Waals surface area (Å²) in [6.07, 6.45) is 3.50. The van der Waals surface area contributed by atoms with Crippen LogP contribution in [0.1, 0.15) is 19.8 Å². The molecule has 1 rings (SSSR count). The SMILES string of the molecule is CSC1=NC(C)CCC1=O. The standard InChI is InChI=1S/C7H11NOS/c1-5-3-4-6(9)7(8-5)10-2/h5H,3-4H2,1-2H3. The van der Waals surface area contributed by atoms with E-state index in [0.717, 1.165) is 6.42 Å². The second-order valence-corrected chi connectivity index (χ2v) is 3.24. The Hall–Kier alpha value is -0.310. The Labute approximate surface area is 65.1 Å². The molecule has 56 valence electrons. The number of nitrogens with zero attached hydrogens (tertiary/aromatic N) is 1. The molecule has 0 aliphatic carbocycles. The van der Waals surface area contributed by atoms with Gasteiger partial charge in [-0.2, -0.15) is 0 Å². The monoisotopic (exact) mass is 157 g/mol. The van der Waals surface area contributed by atoms with Gasteiger partial charge >= 0.3 is 0 Å². The van der Waals surface area contributed by atoms with Crippen molar-refractivity contribution < 1.29 is 4.79 Å². The molecule has 0 aromatic carbocycles. The van der Waals surface area contributed by atoms with Gasteiger partial charge in [0, 0.05) is 12.5 Å². The van der Waals surface area contributed by atoms with E-state index in [-0.39, 0.29) is 5.78 Å². The molecule has 1 heterocycles. The Kier molecular flexibility index (Phi) is 2.49. The molecular formula is C7H11NOS. The van der Waals surface area contributed by atoms with E-state index >= 15 is 0 Å². The molecule has 0 amide bonds. The Balaban J connectivity index is 2.72. The van der Waals surface area contributed by atoms with Crippen molar-refractivity contribution in [1.82, 2.24) is 0 Å². The van der Waals surface area contributed by atoms with Crippen molar-refractivity contribution in [3.05, 3.63) is 0 Å². The van der Waals surface area contributed by atoms with Crippen LogP contribution < -0.4 is 0 Å². The van der Waals surface area contributed by atoms with Crippen molar-refractivity contribution in [2.45, 2.75) is 25.8 Å². The highest BCUT2D eigenvalue weighted by molar-refractivity contribution is 8.15. The predicted molar refractivity (Wildman–Crippen MR) is 44.7 cm³/mol. The molecule has 1 atom stereocenters. The van der Waals surface area contributed by atoms with E-state index in [1.165, 1.54) is 11.8 Å². The minimum atomic E-state index is 0.214. The zero-order valence-electron chi connectivity index (χ0n) is 6.26. The first kappa shape index (κ1) is 7.79. The summed E-state index contributed by atoms with van der Waals surface area (Å²) in [6, 6.07) is 0.347. The van der Waals surface area contributed by atoms with Crippen LogP contribution in [0.3, 0.4) is 0 Å². The van der Waals surface area contributed by atoms with Gasteiger partial charge in [0.05, 0.1) is 0 Å². The van der Waals surface area contributed by atoms with Crippen LogP contribution in [0.25, 0.3) is 0 Å². The van der Waals surface area contributed by atoms with Gasteiger partial charge < -0.3 is 0 Å². The highest BCUT2D eigenvalue weighted by atomic mass is 32.2. The van der Waals surface area contributed by atoms with E-state index in [1.807, 2.05) is 13.2 Å².